The molecule has 0 unspecified atom stereocenters. The molecule has 2 rings (SSSR count). The van der Waals surface area contributed by atoms with Crippen LogP contribution >= 0.6 is 15.9 Å². The lowest BCUT2D eigenvalue weighted by Gasteiger charge is -2.12. The van der Waals surface area contributed by atoms with Crippen molar-refractivity contribution in [3.8, 4) is 5.75 Å². The van der Waals surface area contributed by atoms with Crippen LogP contribution in [0.4, 0.5) is 11.4 Å². The molecule has 0 radical (unpaired) electrons. The SMILES string of the molecule is Cc1ccc([N+](=O)[O-])cc1NC(=O)c1ccc(OCC(C)C)c(Br)c1. The molecule has 1 N–H and O–H groups in total. The second-order valence-corrected chi connectivity index (χ2v) is 6.91. The standard InChI is InChI=1S/C18H19BrN2O4/c1-11(2)10-25-17-7-5-13(8-15(17)19)18(22)20-16-9-14(21(23)24)6-4-12(16)3/h4-9,11H,10H2,1-3H3,(H,20,22). The predicted octanol–water partition coefficient (Wildman–Crippen LogP) is 4.95. The van der Waals surface area contributed by atoms with E-state index in [1.165, 1.54) is 12.1 Å². The Bertz CT molecular complexity index is 806. The highest BCUT2D eigenvalue weighted by Gasteiger charge is 2.14. The summed E-state index contributed by atoms with van der Waals surface area (Å²) < 4.78 is 6.34. The maximum absolute atomic E-state index is 12.4. The van der Waals surface area contributed by atoms with Gasteiger partial charge in [0.1, 0.15) is 5.75 Å². The van der Waals surface area contributed by atoms with Crippen molar-refractivity contribution in [1.29, 1.82) is 0 Å². The number of nitrogens with zero attached hydrogens (tertiary/aromatic N) is 1. The van der Waals surface area contributed by atoms with Crippen molar-refractivity contribution < 1.29 is 14.5 Å². The molecule has 0 atom stereocenters. The third-order valence-electron chi connectivity index (χ3n) is 3.45. The van der Waals surface area contributed by atoms with E-state index in [1.807, 2.05) is 0 Å². The van der Waals surface area contributed by atoms with Gasteiger partial charge in [-0.15, -0.1) is 0 Å². The van der Waals surface area contributed by atoms with Crippen molar-refractivity contribution in [1.82, 2.24) is 0 Å². The highest BCUT2D eigenvalue weighted by atomic mass is 79.9. The van der Waals surface area contributed by atoms with E-state index in [0.29, 0.717) is 34.0 Å². The molecule has 0 aliphatic carbocycles. The molecule has 7 heteroatoms. The van der Waals surface area contributed by atoms with Crippen LogP contribution < -0.4 is 10.1 Å². The monoisotopic (exact) mass is 406 g/mol. The van der Waals surface area contributed by atoms with E-state index in [2.05, 4.69) is 35.1 Å². The molecule has 0 bridgehead atoms. The summed E-state index contributed by atoms with van der Waals surface area (Å²) in [6.45, 7) is 6.46. The van der Waals surface area contributed by atoms with Gasteiger partial charge >= 0.3 is 0 Å². The topological polar surface area (TPSA) is 81.5 Å². The van der Waals surface area contributed by atoms with Crippen molar-refractivity contribution in [2.45, 2.75) is 20.8 Å². The molecule has 0 aromatic heterocycles. The molecule has 0 saturated carbocycles. The van der Waals surface area contributed by atoms with E-state index in [1.54, 1.807) is 31.2 Å². The Hall–Kier alpha value is -2.41. The van der Waals surface area contributed by atoms with E-state index in [0.717, 1.165) is 5.56 Å². The third kappa shape index (κ3) is 5.03. The Morgan fingerprint density at radius 1 is 1.28 bits per heavy atom. The second kappa shape index (κ2) is 8.11. The first-order valence-corrected chi connectivity index (χ1v) is 8.56. The van der Waals surface area contributed by atoms with Crippen LogP contribution in [-0.2, 0) is 0 Å². The van der Waals surface area contributed by atoms with E-state index < -0.39 is 4.92 Å². The van der Waals surface area contributed by atoms with Crippen LogP contribution in [0.25, 0.3) is 0 Å². The molecule has 0 saturated heterocycles. The van der Waals surface area contributed by atoms with Gasteiger partial charge in [-0.1, -0.05) is 19.9 Å². The molecule has 6 nitrogen and oxygen atoms in total. The van der Waals surface area contributed by atoms with Crippen LogP contribution in [0, 0.1) is 23.0 Å². The van der Waals surface area contributed by atoms with Crippen LogP contribution in [0.3, 0.4) is 0 Å². The Labute approximate surface area is 154 Å². The van der Waals surface area contributed by atoms with Gasteiger partial charge in [0.25, 0.3) is 11.6 Å². The number of hydrogen-bond donors (Lipinski definition) is 1. The molecule has 0 aliphatic rings. The fourth-order valence-corrected chi connectivity index (χ4v) is 2.56. The molecule has 0 aliphatic heterocycles. The molecular weight excluding hydrogens is 388 g/mol. The van der Waals surface area contributed by atoms with Crippen molar-refractivity contribution in [3.63, 3.8) is 0 Å². The highest BCUT2D eigenvalue weighted by Crippen LogP contribution is 2.28. The molecule has 0 heterocycles. The molecule has 132 valence electrons. The summed E-state index contributed by atoms with van der Waals surface area (Å²) in [5, 5.41) is 13.6. The maximum atomic E-state index is 12.4. The average Bonchev–Trinajstić information content (AvgIpc) is 2.55. The molecular formula is C18H19BrN2O4. The summed E-state index contributed by atoms with van der Waals surface area (Å²) in [7, 11) is 0. The summed E-state index contributed by atoms with van der Waals surface area (Å²) in [5.41, 5.74) is 1.51. The summed E-state index contributed by atoms with van der Waals surface area (Å²) >= 11 is 3.40. The first-order chi connectivity index (χ1) is 11.8. The van der Waals surface area contributed by atoms with Gasteiger partial charge < -0.3 is 10.1 Å². The van der Waals surface area contributed by atoms with Gasteiger partial charge in [-0.3, -0.25) is 14.9 Å². The number of carbonyl (C=O) groups is 1. The van der Waals surface area contributed by atoms with Crippen LogP contribution in [-0.4, -0.2) is 17.4 Å². The van der Waals surface area contributed by atoms with Crippen LogP contribution in [0.5, 0.6) is 5.75 Å². The zero-order chi connectivity index (χ0) is 18.6. The number of nitro groups is 1. The van der Waals surface area contributed by atoms with Gasteiger partial charge in [-0.05, 0) is 52.5 Å². The van der Waals surface area contributed by atoms with Crippen LogP contribution in [0.2, 0.25) is 0 Å². The highest BCUT2D eigenvalue weighted by molar-refractivity contribution is 9.10. The Balaban J connectivity index is 2.17. The lowest BCUT2D eigenvalue weighted by molar-refractivity contribution is -0.384. The normalized spacial score (nSPS) is 10.6. The minimum Gasteiger partial charge on any atom is -0.492 e. The summed E-state index contributed by atoms with van der Waals surface area (Å²) in [4.78, 5) is 22.8. The fourth-order valence-electron chi connectivity index (χ4n) is 2.07. The number of carbonyl (C=O) groups excluding carboxylic acids is 1. The van der Waals surface area contributed by atoms with Gasteiger partial charge in [0.15, 0.2) is 0 Å². The first kappa shape index (κ1) is 18.9. The number of halogens is 1. The number of amides is 1. The number of hydrogen-bond acceptors (Lipinski definition) is 4. The van der Waals surface area contributed by atoms with Crippen molar-refractivity contribution in [2.24, 2.45) is 5.92 Å². The number of aryl methyl sites for hydroxylation is 1. The number of rotatable bonds is 6. The zero-order valence-corrected chi connectivity index (χ0v) is 15.8. The quantitative estimate of drug-likeness (QED) is 0.543. The Kier molecular flexibility index (Phi) is 6.14. The van der Waals surface area contributed by atoms with Gasteiger partial charge in [0, 0.05) is 17.7 Å². The van der Waals surface area contributed by atoms with Crippen molar-refractivity contribution >= 4 is 33.2 Å². The number of nitro benzene ring substituents is 1. The van der Waals surface area contributed by atoms with E-state index in [9.17, 15) is 14.9 Å². The number of non-ortho nitro benzene ring substituents is 1. The number of ether oxygens (including phenoxy) is 1. The van der Waals surface area contributed by atoms with Gasteiger partial charge in [-0.25, -0.2) is 0 Å². The second-order valence-electron chi connectivity index (χ2n) is 6.06. The van der Waals surface area contributed by atoms with Gasteiger partial charge in [0.05, 0.1) is 21.7 Å². The molecule has 25 heavy (non-hydrogen) atoms. The van der Waals surface area contributed by atoms with Crippen LogP contribution in [0.15, 0.2) is 40.9 Å². The van der Waals surface area contributed by atoms with E-state index >= 15 is 0 Å². The number of nitrogens with one attached hydrogen (secondary N) is 1. The van der Waals surface area contributed by atoms with Crippen molar-refractivity contribution in [3.05, 3.63) is 62.1 Å². The lowest BCUT2D eigenvalue weighted by atomic mass is 10.1. The molecule has 0 spiro atoms. The third-order valence-corrected chi connectivity index (χ3v) is 4.07. The summed E-state index contributed by atoms with van der Waals surface area (Å²) in [6, 6.07) is 9.40. The number of benzene rings is 2. The zero-order valence-electron chi connectivity index (χ0n) is 14.2. The van der Waals surface area contributed by atoms with E-state index in [4.69, 9.17) is 4.74 Å². The van der Waals surface area contributed by atoms with E-state index in [-0.39, 0.29) is 11.6 Å². The summed E-state index contributed by atoms with van der Waals surface area (Å²) in [6.07, 6.45) is 0. The van der Waals surface area contributed by atoms with Gasteiger partial charge in [0.2, 0.25) is 0 Å². The summed E-state index contributed by atoms with van der Waals surface area (Å²) in [5.74, 6) is 0.711. The first-order valence-electron chi connectivity index (χ1n) is 7.76. The lowest BCUT2D eigenvalue weighted by Crippen LogP contribution is -2.13. The number of anilines is 1. The predicted molar refractivity (Wildman–Crippen MR) is 100 cm³/mol. The molecule has 1 amide bonds. The Morgan fingerprint density at radius 2 is 2.00 bits per heavy atom. The minimum atomic E-state index is -0.494. The molecule has 2 aromatic rings. The smallest absolute Gasteiger partial charge is 0.271 e. The molecule has 2 aromatic carbocycles. The Morgan fingerprint density at radius 3 is 2.60 bits per heavy atom. The average molecular weight is 407 g/mol. The van der Waals surface area contributed by atoms with Gasteiger partial charge in [-0.2, -0.15) is 0 Å². The largest absolute Gasteiger partial charge is 0.492 e. The molecule has 0 fully saturated rings. The maximum Gasteiger partial charge on any atom is 0.271 e. The minimum absolute atomic E-state index is 0.0699. The fraction of sp³-hybridized carbons (Fsp3) is 0.278. The van der Waals surface area contributed by atoms with Crippen molar-refractivity contribution in [2.75, 3.05) is 11.9 Å². The van der Waals surface area contributed by atoms with Crippen LogP contribution in [0.1, 0.15) is 29.8 Å².